The van der Waals surface area contributed by atoms with Gasteiger partial charge in [0.25, 0.3) is 5.91 Å². The number of nitrogens with one attached hydrogen (secondary N) is 1. The molecule has 4 rings (SSSR count). The van der Waals surface area contributed by atoms with E-state index in [0.29, 0.717) is 16.4 Å². The van der Waals surface area contributed by atoms with E-state index in [0.717, 1.165) is 39.9 Å². The molecule has 1 aliphatic carbocycles. The maximum absolute atomic E-state index is 15.6. The zero-order valence-corrected chi connectivity index (χ0v) is 19.3. The molecule has 5 nitrogen and oxygen atoms in total. The predicted octanol–water partition coefficient (Wildman–Crippen LogP) is 6.07. The minimum Gasteiger partial charge on any atom is -0.388 e. The molecule has 1 unspecified atom stereocenters. The van der Waals surface area contributed by atoms with Gasteiger partial charge in [0.15, 0.2) is 11.6 Å². The number of benzene rings is 1. The Morgan fingerprint density at radius 2 is 2.13 bits per heavy atom. The van der Waals surface area contributed by atoms with Gasteiger partial charge < -0.3 is 10.4 Å². The van der Waals surface area contributed by atoms with Crippen LogP contribution in [0.4, 0.5) is 10.2 Å². The van der Waals surface area contributed by atoms with Crippen LogP contribution >= 0.6 is 22.9 Å². The summed E-state index contributed by atoms with van der Waals surface area (Å²) in [6.45, 7) is 5.65. The van der Waals surface area contributed by atoms with Crippen molar-refractivity contribution in [1.82, 2.24) is 9.78 Å². The number of fused-ring (bicyclic) bond motifs is 1. The van der Waals surface area contributed by atoms with Gasteiger partial charge in [0, 0.05) is 15.9 Å². The lowest BCUT2D eigenvalue weighted by molar-refractivity contribution is 0.0752. The van der Waals surface area contributed by atoms with E-state index >= 15 is 4.39 Å². The largest absolute Gasteiger partial charge is 0.388 e. The molecule has 1 aliphatic rings. The summed E-state index contributed by atoms with van der Waals surface area (Å²) in [6, 6.07) is 9.11. The summed E-state index contributed by atoms with van der Waals surface area (Å²) in [6.07, 6.45) is 1.95. The first-order valence-corrected chi connectivity index (χ1v) is 11.5. The van der Waals surface area contributed by atoms with Gasteiger partial charge in [-0.3, -0.25) is 4.79 Å². The summed E-state index contributed by atoms with van der Waals surface area (Å²) in [7, 11) is 0. The smallest absolute Gasteiger partial charge is 0.254 e. The SMILES string of the molecule is CC(C)(C)C(=O)n1nc(-c2ccc3c(c2)CCCC3O)c(F)c1NCc1ccc(Cl)s1. The van der Waals surface area contributed by atoms with Crippen LogP contribution in [-0.2, 0) is 13.0 Å². The number of halogens is 2. The number of anilines is 1. The molecule has 1 aromatic carbocycles. The number of hydrogen-bond donors (Lipinski definition) is 2. The number of hydrogen-bond acceptors (Lipinski definition) is 5. The van der Waals surface area contributed by atoms with E-state index in [1.807, 2.05) is 18.2 Å². The van der Waals surface area contributed by atoms with Crippen LogP contribution in [0.1, 0.15) is 60.5 Å². The maximum Gasteiger partial charge on any atom is 0.254 e. The molecule has 2 aromatic heterocycles. The number of rotatable bonds is 4. The van der Waals surface area contributed by atoms with Crippen molar-refractivity contribution in [3.05, 3.63) is 56.5 Å². The van der Waals surface area contributed by atoms with E-state index in [9.17, 15) is 9.90 Å². The number of aliphatic hydroxyl groups is 1. The van der Waals surface area contributed by atoms with Crippen molar-refractivity contribution in [3.63, 3.8) is 0 Å². The quantitative estimate of drug-likeness (QED) is 0.494. The van der Waals surface area contributed by atoms with Gasteiger partial charge in [0.1, 0.15) is 5.69 Å². The van der Waals surface area contributed by atoms with Crippen molar-refractivity contribution in [2.45, 2.75) is 52.7 Å². The first-order valence-electron chi connectivity index (χ1n) is 10.3. The van der Waals surface area contributed by atoms with Gasteiger partial charge >= 0.3 is 0 Å². The highest BCUT2D eigenvalue weighted by Gasteiger charge is 2.30. The van der Waals surface area contributed by atoms with Crippen molar-refractivity contribution in [2.24, 2.45) is 5.41 Å². The molecule has 0 radical (unpaired) electrons. The zero-order valence-electron chi connectivity index (χ0n) is 17.7. The van der Waals surface area contributed by atoms with Crippen LogP contribution < -0.4 is 5.32 Å². The monoisotopic (exact) mass is 461 g/mol. The van der Waals surface area contributed by atoms with E-state index in [2.05, 4.69) is 10.4 Å². The lowest BCUT2D eigenvalue weighted by Gasteiger charge is -2.21. The Labute approximate surface area is 189 Å². The molecule has 0 aliphatic heterocycles. The Morgan fingerprint density at radius 1 is 1.35 bits per heavy atom. The normalized spacial score (nSPS) is 16.3. The second kappa shape index (κ2) is 8.37. The van der Waals surface area contributed by atoms with Crippen LogP contribution in [0.15, 0.2) is 30.3 Å². The zero-order chi connectivity index (χ0) is 22.3. The van der Waals surface area contributed by atoms with Crippen LogP contribution in [0.3, 0.4) is 0 Å². The second-order valence-corrected chi connectivity index (χ2v) is 10.7. The first-order chi connectivity index (χ1) is 14.6. The minimum absolute atomic E-state index is 0.0391. The Hall–Kier alpha value is -2.22. The molecule has 31 heavy (non-hydrogen) atoms. The van der Waals surface area contributed by atoms with Crippen LogP contribution in [0, 0.1) is 11.2 Å². The molecule has 164 valence electrons. The molecular weight excluding hydrogens is 437 g/mol. The average Bonchev–Trinajstić information content (AvgIpc) is 3.28. The Morgan fingerprint density at radius 3 is 2.81 bits per heavy atom. The molecule has 0 saturated carbocycles. The lowest BCUT2D eigenvalue weighted by atomic mass is 9.88. The third-order valence-corrected chi connectivity index (χ3v) is 6.65. The molecule has 0 saturated heterocycles. The van der Waals surface area contributed by atoms with E-state index in [4.69, 9.17) is 11.6 Å². The topological polar surface area (TPSA) is 67.2 Å². The van der Waals surface area contributed by atoms with E-state index in [-0.39, 0.29) is 17.4 Å². The van der Waals surface area contributed by atoms with E-state index < -0.39 is 17.3 Å². The summed E-state index contributed by atoms with van der Waals surface area (Å²) in [5.41, 5.74) is 1.85. The molecule has 1 atom stereocenters. The number of nitrogens with zero attached hydrogens (tertiary/aromatic N) is 2. The second-order valence-electron chi connectivity index (χ2n) is 8.86. The number of thiophene rings is 1. The summed E-state index contributed by atoms with van der Waals surface area (Å²) in [4.78, 5) is 13.9. The third-order valence-electron chi connectivity index (χ3n) is 5.42. The molecule has 8 heteroatoms. The van der Waals surface area contributed by atoms with Gasteiger partial charge in [-0.1, -0.05) is 44.5 Å². The molecule has 0 bridgehead atoms. The number of aliphatic hydroxyl groups excluding tert-OH is 1. The summed E-state index contributed by atoms with van der Waals surface area (Å²) in [5, 5.41) is 17.6. The molecule has 2 N–H and O–H groups in total. The van der Waals surface area contributed by atoms with Crippen molar-refractivity contribution in [3.8, 4) is 11.3 Å². The van der Waals surface area contributed by atoms with E-state index in [1.54, 1.807) is 32.9 Å². The van der Waals surface area contributed by atoms with Crippen LogP contribution in [-0.4, -0.2) is 20.8 Å². The number of aryl methyl sites for hydroxylation is 1. The molecule has 3 aromatic rings. The highest BCUT2D eigenvalue weighted by atomic mass is 35.5. The maximum atomic E-state index is 15.6. The van der Waals surface area contributed by atoms with Crippen molar-refractivity contribution < 1.29 is 14.3 Å². The number of carbonyl (C=O) groups is 1. The summed E-state index contributed by atoms with van der Waals surface area (Å²) < 4.78 is 17.4. The molecule has 2 heterocycles. The number of carbonyl (C=O) groups excluding carboxylic acids is 1. The Kier molecular flexibility index (Phi) is 5.94. The minimum atomic E-state index is -0.738. The summed E-state index contributed by atoms with van der Waals surface area (Å²) in [5.74, 6) is -0.841. The molecule has 0 spiro atoms. The molecule has 0 amide bonds. The van der Waals surface area contributed by atoms with Gasteiger partial charge in [0.2, 0.25) is 0 Å². The highest BCUT2D eigenvalue weighted by Crippen LogP contribution is 2.35. The third kappa shape index (κ3) is 4.40. The fourth-order valence-corrected chi connectivity index (χ4v) is 4.78. The first kappa shape index (κ1) is 22.0. The van der Waals surface area contributed by atoms with Crippen LogP contribution in [0.25, 0.3) is 11.3 Å². The lowest BCUT2D eigenvalue weighted by Crippen LogP contribution is -2.29. The van der Waals surface area contributed by atoms with Gasteiger partial charge in [-0.05, 0) is 48.6 Å². The Bertz CT molecular complexity index is 1130. The van der Waals surface area contributed by atoms with Gasteiger partial charge in [0.05, 0.1) is 17.0 Å². The van der Waals surface area contributed by atoms with Crippen molar-refractivity contribution >= 4 is 34.7 Å². The van der Waals surface area contributed by atoms with E-state index in [1.165, 1.54) is 11.3 Å². The van der Waals surface area contributed by atoms with Gasteiger partial charge in [-0.2, -0.15) is 9.78 Å². The Balaban J connectivity index is 1.75. The van der Waals surface area contributed by atoms with Gasteiger partial charge in [-0.15, -0.1) is 11.3 Å². The fraction of sp³-hybridized carbons (Fsp3) is 0.391. The average molecular weight is 462 g/mol. The predicted molar refractivity (Wildman–Crippen MR) is 122 cm³/mol. The molecular formula is C23H25ClFN3O2S. The van der Waals surface area contributed by atoms with Crippen molar-refractivity contribution in [1.29, 1.82) is 0 Å². The fourth-order valence-electron chi connectivity index (χ4n) is 3.75. The van der Waals surface area contributed by atoms with Crippen LogP contribution in [0.2, 0.25) is 4.34 Å². The summed E-state index contributed by atoms with van der Waals surface area (Å²) >= 11 is 7.39. The number of aromatic nitrogens is 2. The van der Waals surface area contributed by atoms with Crippen LogP contribution in [0.5, 0.6) is 0 Å². The standard InChI is InChI=1S/C23H25ClFN3O2S/c1-23(2,3)22(30)28-21(26-12-15-8-10-18(24)31-15)19(25)20(27-28)14-7-9-16-13(11-14)5-4-6-17(16)29/h7-11,17,26,29H,4-6,12H2,1-3H3. The van der Waals surface area contributed by atoms with Gasteiger partial charge in [-0.25, -0.2) is 4.39 Å². The molecule has 0 fully saturated rings. The highest BCUT2D eigenvalue weighted by molar-refractivity contribution is 7.16. The van der Waals surface area contributed by atoms with Crippen molar-refractivity contribution in [2.75, 3.05) is 5.32 Å².